The Bertz CT molecular complexity index is 381. The van der Waals surface area contributed by atoms with E-state index in [1.807, 2.05) is 0 Å². The molecule has 0 fully saturated rings. The van der Waals surface area contributed by atoms with Crippen molar-refractivity contribution in [1.82, 2.24) is 0 Å². The summed E-state index contributed by atoms with van der Waals surface area (Å²) < 4.78 is 13.3. The van der Waals surface area contributed by atoms with E-state index in [-0.39, 0.29) is 26.5 Å². The molecule has 0 aliphatic rings. The second kappa shape index (κ2) is 3.64. The molecule has 0 bridgehead atoms. The van der Waals surface area contributed by atoms with Crippen LogP contribution in [0.3, 0.4) is 0 Å². The van der Waals surface area contributed by atoms with Crippen LogP contribution >= 0.6 is 27.5 Å². The van der Waals surface area contributed by atoms with Gasteiger partial charge < -0.3 is 5.73 Å². The SMILES string of the molecule is CC(=O)c1cc(Cl)c(N)c(Br)c1F. The van der Waals surface area contributed by atoms with Gasteiger partial charge in [-0.3, -0.25) is 4.79 Å². The van der Waals surface area contributed by atoms with Crippen LogP contribution in [0.5, 0.6) is 0 Å². The third kappa shape index (κ3) is 1.84. The van der Waals surface area contributed by atoms with Crippen molar-refractivity contribution < 1.29 is 9.18 Å². The number of carbonyl (C=O) groups is 1. The minimum absolute atomic E-state index is 0.0326. The van der Waals surface area contributed by atoms with E-state index in [1.165, 1.54) is 13.0 Å². The topological polar surface area (TPSA) is 43.1 Å². The number of rotatable bonds is 1. The molecule has 0 amide bonds. The lowest BCUT2D eigenvalue weighted by atomic mass is 10.1. The van der Waals surface area contributed by atoms with E-state index >= 15 is 0 Å². The fraction of sp³-hybridized carbons (Fsp3) is 0.125. The minimum Gasteiger partial charge on any atom is -0.397 e. The second-order valence-corrected chi connectivity index (χ2v) is 3.70. The van der Waals surface area contributed by atoms with Crippen molar-refractivity contribution >= 4 is 39.0 Å². The molecule has 5 heteroatoms. The van der Waals surface area contributed by atoms with Crippen LogP contribution in [0.1, 0.15) is 17.3 Å². The zero-order valence-corrected chi connectivity index (χ0v) is 9.04. The third-order valence-corrected chi connectivity index (χ3v) is 2.66. The fourth-order valence-corrected chi connectivity index (χ4v) is 1.61. The molecule has 0 spiro atoms. The maximum absolute atomic E-state index is 13.3. The number of nitrogen functional groups attached to an aromatic ring is 1. The van der Waals surface area contributed by atoms with E-state index in [9.17, 15) is 9.18 Å². The molecular formula is C8H6BrClFNO. The highest BCUT2D eigenvalue weighted by molar-refractivity contribution is 9.10. The van der Waals surface area contributed by atoms with E-state index < -0.39 is 5.82 Å². The lowest BCUT2D eigenvalue weighted by Gasteiger charge is -2.06. The van der Waals surface area contributed by atoms with Crippen LogP contribution in [-0.2, 0) is 0 Å². The average molecular weight is 266 g/mol. The second-order valence-electron chi connectivity index (χ2n) is 2.50. The summed E-state index contributed by atoms with van der Waals surface area (Å²) in [5.41, 5.74) is 5.46. The van der Waals surface area contributed by atoms with Gasteiger partial charge in [-0.2, -0.15) is 0 Å². The molecule has 0 radical (unpaired) electrons. The molecule has 1 rings (SSSR count). The number of halogens is 3. The molecule has 0 aliphatic carbocycles. The quantitative estimate of drug-likeness (QED) is 0.482. The maximum Gasteiger partial charge on any atom is 0.162 e. The molecule has 70 valence electrons. The summed E-state index contributed by atoms with van der Waals surface area (Å²) in [6.07, 6.45) is 0. The molecular weight excluding hydrogens is 260 g/mol. The monoisotopic (exact) mass is 265 g/mol. The first-order valence-corrected chi connectivity index (χ1v) is 4.56. The van der Waals surface area contributed by atoms with E-state index in [4.69, 9.17) is 17.3 Å². The molecule has 0 heterocycles. The van der Waals surface area contributed by atoms with Crippen LogP contribution in [0.25, 0.3) is 0 Å². The highest BCUT2D eigenvalue weighted by Gasteiger charge is 2.15. The third-order valence-electron chi connectivity index (χ3n) is 1.57. The van der Waals surface area contributed by atoms with Crippen LogP contribution in [-0.4, -0.2) is 5.78 Å². The first-order chi connectivity index (χ1) is 5.95. The average Bonchev–Trinajstić information content (AvgIpc) is 2.07. The number of Topliss-reactive ketones (excluding diaryl/α,β-unsaturated/α-hetero) is 1. The van der Waals surface area contributed by atoms with Crippen molar-refractivity contribution in [3.05, 3.63) is 26.9 Å². The van der Waals surface area contributed by atoms with Gasteiger partial charge in [-0.25, -0.2) is 4.39 Å². The van der Waals surface area contributed by atoms with E-state index in [0.29, 0.717) is 0 Å². The van der Waals surface area contributed by atoms with Crippen molar-refractivity contribution in [3.8, 4) is 0 Å². The van der Waals surface area contributed by atoms with Gasteiger partial charge in [0.15, 0.2) is 5.78 Å². The highest BCUT2D eigenvalue weighted by Crippen LogP contribution is 2.32. The van der Waals surface area contributed by atoms with Crippen molar-refractivity contribution in [1.29, 1.82) is 0 Å². The van der Waals surface area contributed by atoms with Gasteiger partial charge in [0, 0.05) is 0 Å². The Morgan fingerprint density at radius 1 is 1.69 bits per heavy atom. The Morgan fingerprint density at radius 2 is 2.23 bits per heavy atom. The Hall–Kier alpha value is -0.610. The van der Waals surface area contributed by atoms with Gasteiger partial charge >= 0.3 is 0 Å². The molecule has 0 saturated carbocycles. The van der Waals surface area contributed by atoms with Crippen LogP contribution in [0.4, 0.5) is 10.1 Å². The molecule has 2 N–H and O–H groups in total. The summed E-state index contributed by atoms with van der Waals surface area (Å²) in [5.74, 6) is -1.06. The number of benzene rings is 1. The predicted octanol–water partition coefficient (Wildman–Crippen LogP) is 3.03. The van der Waals surface area contributed by atoms with Crippen LogP contribution < -0.4 is 5.73 Å². The molecule has 13 heavy (non-hydrogen) atoms. The maximum atomic E-state index is 13.3. The van der Waals surface area contributed by atoms with Gasteiger partial charge in [-0.15, -0.1) is 0 Å². The standard InChI is InChI=1S/C8H6BrClFNO/c1-3(13)4-2-5(10)8(12)6(9)7(4)11/h2H,12H2,1H3. The van der Waals surface area contributed by atoms with Gasteiger partial charge in [-0.05, 0) is 28.9 Å². The number of anilines is 1. The number of hydrogen-bond acceptors (Lipinski definition) is 2. The summed E-state index contributed by atoms with van der Waals surface area (Å²) in [6.45, 7) is 1.26. The van der Waals surface area contributed by atoms with Crippen molar-refractivity contribution in [2.45, 2.75) is 6.92 Å². The molecule has 0 aliphatic heterocycles. The lowest BCUT2D eigenvalue weighted by molar-refractivity contribution is 0.101. The zero-order chi connectivity index (χ0) is 10.2. The van der Waals surface area contributed by atoms with Crippen molar-refractivity contribution in [3.63, 3.8) is 0 Å². The summed E-state index contributed by atoms with van der Waals surface area (Å²) in [7, 11) is 0. The van der Waals surface area contributed by atoms with Crippen LogP contribution in [0.15, 0.2) is 10.5 Å². The molecule has 0 atom stereocenters. The van der Waals surface area contributed by atoms with E-state index in [1.54, 1.807) is 0 Å². The van der Waals surface area contributed by atoms with Gasteiger partial charge in [0.1, 0.15) is 5.82 Å². The van der Waals surface area contributed by atoms with E-state index in [0.717, 1.165) is 0 Å². The van der Waals surface area contributed by atoms with Gasteiger partial charge in [0.25, 0.3) is 0 Å². The Kier molecular flexibility index (Phi) is 2.93. The number of nitrogens with two attached hydrogens (primary N) is 1. The number of ketones is 1. The zero-order valence-electron chi connectivity index (χ0n) is 6.70. The Balaban J connectivity index is 3.50. The molecule has 0 unspecified atom stereocenters. The first-order valence-electron chi connectivity index (χ1n) is 3.39. The highest BCUT2D eigenvalue weighted by atomic mass is 79.9. The smallest absolute Gasteiger partial charge is 0.162 e. The van der Waals surface area contributed by atoms with Crippen molar-refractivity contribution in [2.75, 3.05) is 5.73 Å². The lowest BCUT2D eigenvalue weighted by Crippen LogP contribution is -2.01. The molecule has 0 saturated heterocycles. The Morgan fingerprint density at radius 3 is 2.69 bits per heavy atom. The molecule has 1 aromatic carbocycles. The largest absolute Gasteiger partial charge is 0.397 e. The van der Waals surface area contributed by atoms with Gasteiger partial charge in [-0.1, -0.05) is 11.6 Å². The first kappa shape index (κ1) is 10.5. The fourth-order valence-electron chi connectivity index (χ4n) is 0.865. The molecule has 0 aromatic heterocycles. The minimum atomic E-state index is -0.672. The van der Waals surface area contributed by atoms with Gasteiger partial charge in [0.05, 0.1) is 20.7 Å². The van der Waals surface area contributed by atoms with Gasteiger partial charge in [0.2, 0.25) is 0 Å². The van der Waals surface area contributed by atoms with Crippen LogP contribution in [0.2, 0.25) is 5.02 Å². The molecule has 2 nitrogen and oxygen atoms in total. The summed E-state index contributed by atoms with van der Waals surface area (Å²) in [4.78, 5) is 10.9. The summed E-state index contributed by atoms with van der Waals surface area (Å²) in [5, 5.41) is 0.165. The summed E-state index contributed by atoms with van der Waals surface area (Å²) in [6, 6.07) is 1.22. The predicted molar refractivity (Wildman–Crippen MR) is 53.5 cm³/mol. The number of hydrogen-bond donors (Lipinski definition) is 1. The van der Waals surface area contributed by atoms with E-state index in [2.05, 4.69) is 15.9 Å². The Labute approximate surface area is 88.0 Å². The van der Waals surface area contributed by atoms with Crippen molar-refractivity contribution in [2.24, 2.45) is 0 Å². The summed E-state index contributed by atoms with van der Waals surface area (Å²) >= 11 is 8.57. The van der Waals surface area contributed by atoms with Crippen LogP contribution in [0, 0.1) is 5.82 Å². The molecule has 1 aromatic rings. The number of carbonyl (C=O) groups excluding carboxylic acids is 1. The normalized spacial score (nSPS) is 10.2.